The van der Waals surface area contributed by atoms with Gasteiger partial charge in [0.25, 0.3) is 5.91 Å². The summed E-state index contributed by atoms with van der Waals surface area (Å²) in [5.74, 6) is -1.67. The van der Waals surface area contributed by atoms with E-state index in [0.29, 0.717) is 0 Å². The summed E-state index contributed by atoms with van der Waals surface area (Å²) in [4.78, 5) is 22.4. The number of nitrogens with one attached hydrogen (secondary N) is 1. The molecule has 0 aliphatic carbocycles. The maximum absolute atomic E-state index is 11.5. The third kappa shape index (κ3) is 2.34. The summed E-state index contributed by atoms with van der Waals surface area (Å²) < 4.78 is 4.61. The maximum atomic E-state index is 11.5. The average molecular weight is 212 g/mol. The molecule has 2 N–H and O–H groups in total. The van der Waals surface area contributed by atoms with Crippen molar-refractivity contribution in [1.29, 1.82) is 0 Å². The maximum Gasteiger partial charge on any atom is 0.329 e. The molecule has 1 amide bonds. The molecule has 82 valence electrons. The third-order valence-corrected chi connectivity index (χ3v) is 2.23. The molecule has 1 rings (SSSR count). The fourth-order valence-corrected chi connectivity index (χ4v) is 0.938. The summed E-state index contributed by atoms with van der Waals surface area (Å²) in [6.45, 7) is 3.11. The van der Waals surface area contributed by atoms with Crippen LogP contribution in [0.2, 0.25) is 0 Å². The van der Waals surface area contributed by atoms with E-state index in [4.69, 9.17) is 5.11 Å². The molecule has 1 unspecified atom stereocenters. The van der Waals surface area contributed by atoms with Crippen LogP contribution in [-0.4, -0.2) is 27.7 Å². The Morgan fingerprint density at radius 3 is 2.73 bits per heavy atom. The van der Waals surface area contributed by atoms with Gasteiger partial charge in [0.2, 0.25) is 5.76 Å². The summed E-state index contributed by atoms with van der Waals surface area (Å²) in [5.41, 5.74) is -1.29. The SMILES string of the molecule is CCC(C)(NC(=O)c1ccno1)C(=O)O. The summed E-state index contributed by atoms with van der Waals surface area (Å²) in [5, 5.41) is 14.7. The first-order chi connectivity index (χ1) is 6.99. The molecule has 0 aliphatic rings. The van der Waals surface area contributed by atoms with E-state index in [9.17, 15) is 9.59 Å². The van der Waals surface area contributed by atoms with Crippen LogP contribution in [0, 0.1) is 0 Å². The number of carbonyl (C=O) groups is 2. The standard InChI is InChI=1S/C9H12N2O4/c1-3-9(2,8(13)14)11-7(12)6-4-5-10-15-6/h4-5H,3H2,1-2H3,(H,11,12)(H,13,14). The van der Waals surface area contributed by atoms with Crippen molar-refractivity contribution in [1.82, 2.24) is 10.5 Å². The highest BCUT2D eigenvalue weighted by Gasteiger charge is 2.33. The second-order valence-electron chi connectivity index (χ2n) is 3.32. The van der Waals surface area contributed by atoms with Crippen LogP contribution in [0.5, 0.6) is 0 Å². The first-order valence-corrected chi connectivity index (χ1v) is 4.46. The van der Waals surface area contributed by atoms with Gasteiger partial charge in [0.1, 0.15) is 5.54 Å². The number of rotatable bonds is 4. The number of hydrogen-bond acceptors (Lipinski definition) is 4. The lowest BCUT2D eigenvalue weighted by Crippen LogP contribution is -2.51. The number of nitrogens with zero attached hydrogens (tertiary/aromatic N) is 1. The fourth-order valence-electron chi connectivity index (χ4n) is 0.938. The number of carbonyl (C=O) groups excluding carboxylic acids is 1. The monoisotopic (exact) mass is 212 g/mol. The molecule has 1 atom stereocenters. The van der Waals surface area contributed by atoms with Crippen LogP contribution in [0.15, 0.2) is 16.8 Å². The van der Waals surface area contributed by atoms with Crippen molar-refractivity contribution in [3.05, 3.63) is 18.0 Å². The molecule has 0 saturated heterocycles. The molecule has 6 heteroatoms. The van der Waals surface area contributed by atoms with Gasteiger partial charge in [-0.1, -0.05) is 12.1 Å². The lowest BCUT2D eigenvalue weighted by Gasteiger charge is -2.23. The number of aliphatic carboxylic acids is 1. The minimum Gasteiger partial charge on any atom is -0.480 e. The van der Waals surface area contributed by atoms with Crippen molar-refractivity contribution < 1.29 is 19.2 Å². The first kappa shape index (κ1) is 11.2. The van der Waals surface area contributed by atoms with Crippen LogP contribution in [0.25, 0.3) is 0 Å². The van der Waals surface area contributed by atoms with Gasteiger partial charge in [0, 0.05) is 6.07 Å². The Morgan fingerprint density at radius 2 is 2.33 bits per heavy atom. The van der Waals surface area contributed by atoms with Crippen LogP contribution in [0.3, 0.4) is 0 Å². The molecule has 0 aromatic carbocycles. The molecule has 0 radical (unpaired) electrons. The van der Waals surface area contributed by atoms with Gasteiger partial charge in [-0.3, -0.25) is 4.79 Å². The molecule has 1 aromatic rings. The summed E-state index contributed by atoms with van der Waals surface area (Å²) in [7, 11) is 0. The van der Waals surface area contributed by atoms with Crippen LogP contribution in [0.1, 0.15) is 30.8 Å². The Labute approximate surface area is 86.3 Å². The Balaban J connectivity index is 2.77. The van der Waals surface area contributed by atoms with E-state index in [2.05, 4.69) is 15.0 Å². The summed E-state index contributed by atoms with van der Waals surface area (Å²) in [6.07, 6.45) is 1.60. The molecule has 0 bridgehead atoms. The summed E-state index contributed by atoms with van der Waals surface area (Å²) in [6, 6.07) is 1.37. The van der Waals surface area contributed by atoms with Crippen LogP contribution in [-0.2, 0) is 4.79 Å². The minimum atomic E-state index is -1.29. The zero-order valence-electron chi connectivity index (χ0n) is 8.48. The molecule has 0 fully saturated rings. The highest BCUT2D eigenvalue weighted by Crippen LogP contribution is 2.10. The Kier molecular flexibility index (Phi) is 3.08. The normalized spacial score (nSPS) is 14.3. The van der Waals surface area contributed by atoms with Crippen molar-refractivity contribution in [3.8, 4) is 0 Å². The predicted molar refractivity (Wildman–Crippen MR) is 50.3 cm³/mol. The Bertz CT molecular complexity index is 360. The number of amides is 1. The highest BCUT2D eigenvalue weighted by atomic mass is 16.5. The molecular formula is C9H12N2O4. The fraction of sp³-hybridized carbons (Fsp3) is 0.444. The molecule has 0 saturated carbocycles. The van der Waals surface area contributed by atoms with Gasteiger partial charge >= 0.3 is 5.97 Å². The van der Waals surface area contributed by atoms with Crippen LogP contribution in [0.4, 0.5) is 0 Å². The van der Waals surface area contributed by atoms with Gasteiger partial charge in [-0.25, -0.2) is 4.79 Å². The Morgan fingerprint density at radius 1 is 1.67 bits per heavy atom. The average Bonchev–Trinajstić information content (AvgIpc) is 2.70. The van der Waals surface area contributed by atoms with E-state index >= 15 is 0 Å². The number of carboxylic acids is 1. The number of aromatic nitrogens is 1. The molecule has 6 nitrogen and oxygen atoms in total. The van der Waals surface area contributed by atoms with Gasteiger partial charge in [-0.15, -0.1) is 0 Å². The van der Waals surface area contributed by atoms with Gasteiger partial charge in [0.05, 0.1) is 6.20 Å². The van der Waals surface area contributed by atoms with Gasteiger partial charge in [0.15, 0.2) is 0 Å². The van der Waals surface area contributed by atoms with Gasteiger partial charge < -0.3 is 14.9 Å². The minimum absolute atomic E-state index is 0.00377. The largest absolute Gasteiger partial charge is 0.480 e. The summed E-state index contributed by atoms with van der Waals surface area (Å²) >= 11 is 0. The quantitative estimate of drug-likeness (QED) is 0.764. The lowest BCUT2D eigenvalue weighted by molar-refractivity contribution is -0.143. The topological polar surface area (TPSA) is 92.4 Å². The first-order valence-electron chi connectivity index (χ1n) is 4.46. The van der Waals surface area contributed by atoms with Gasteiger partial charge in [-0.05, 0) is 13.3 Å². The smallest absolute Gasteiger partial charge is 0.329 e. The van der Waals surface area contributed by atoms with Crippen molar-refractivity contribution in [2.24, 2.45) is 0 Å². The van der Waals surface area contributed by atoms with E-state index in [1.165, 1.54) is 19.2 Å². The number of hydrogen-bond donors (Lipinski definition) is 2. The van der Waals surface area contributed by atoms with E-state index in [1.807, 2.05) is 0 Å². The third-order valence-electron chi connectivity index (χ3n) is 2.23. The number of carboxylic acid groups (broad SMARTS) is 1. The van der Waals surface area contributed by atoms with Crippen molar-refractivity contribution in [2.45, 2.75) is 25.8 Å². The highest BCUT2D eigenvalue weighted by molar-refractivity contribution is 5.95. The van der Waals surface area contributed by atoms with Crippen LogP contribution >= 0.6 is 0 Å². The van der Waals surface area contributed by atoms with Crippen molar-refractivity contribution >= 4 is 11.9 Å². The van der Waals surface area contributed by atoms with Crippen molar-refractivity contribution in [3.63, 3.8) is 0 Å². The van der Waals surface area contributed by atoms with Crippen LogP contribution < -0.4 is 5.32 Å². The molecule has 0 spiro atoms. The van der Waals surface area contributed by atoms with E-state index < -0.39 is 17.4 Å². The molecule has 15 heavy (non-hydrogen) atoms. The lowest BCUT2D eigenvalue weighted by atomic mass is 9.99. The Hall–Kier alpha value is -1.85. The van der Waals surface area contributed by atoms with E-state index in [-0.39, 0.29) is 12.2 Å². The van der Waals surface area contributed by atoms with E-state index in [0.717, 1.165) is 0 Å². The van der Waals surface area contributed by atoms with E-state index in [1.54, 1.807) is 6.92 Å². The molecule has 1 heterocycles. The molecular weight excluding hydrogens is 200 g/mol. The van der Waals surface area contributed by atoms with Gasteiger partial charge in [-0.2, -0.15) is 0 Å². The second kappa shape index (κ2) is 4.12. The molecule has 0 aliphatic heterocycles. The zero-order valence-corrected chi connectivity index (χ0v) is 8.48. The molecule has 1 aromatic heterocycles. The predicted octanol–water partition coefficient (Wildman–Crippen LogP) is 0.658. The van der Waals surface area contributed by atoms with Crippen molar-refractivity contribution in [2.75, 3.05) is 0 Å². The second-order valence-corrected chi connectivity index (χ2v) is 3.32. The zero-order chi connectivity index (χ0) is 11.5.